The molecule has 0 aliphatic carbocycles. The van der Waals surface area contributed by atoms with Crippen molar-refractivity contribution in [1.29, 1.82) is 0 Å². The molecule has 0 aromatic heterocycles. The van der Waals surface area contributed by atoms with E-state index in [9.17, 15) is 9.59 Å². The highest BCUT2D eigenvalue weighted by Gasteiger charge is 2.40. The van der Waals surface area contributed by atoms with Crippen LogP contribution < -0.4 is 5.32 Å². The Labute approximate surface area is 127 Å². The van der Waals surface area contributed by atoms with Gasteiger partial charge in [-0.2, -0.15) is 11.8 Å². The van der Waals surface area contributed by atoms with Crippen molar-refractivity contribution >= 4 is 23.6 Å². The van der Waals surface area contributed by atoms with Crippen molar-refractivity contribution in [3.8, 4) is 0 Å². The smallest absolute Gasteiger partial charge is 0.245 e. The van der Waals surface area contributed by atoms with Gasteiger partial charge in [0.15, 0.2) is 0 Å². The zero-order valence-corrected chi connectivity index (χ0v) is 14.0. The van der Waals surface area contributed by atoms with Gasteiger partial charge in [0.1, 0.15) is 12.1 Å². The van der Waals surface area contributed by atoms with Gasteiger partial charge < -0.3 is 10.2 Å². The highest BCUT2D eigenvalue weighted by Crippen LogP contribution is 2.20. The molecular formula is C15H28N2O2S. The molecule has 20 heavy (non-hydrogen) atoms. The number of piperazine rings is 1. The first-order valence-electron chi connectivity index (χ1n) is 7.71. The van der Waals surface area contributed by atoms with Crippen LogP contribution in [0.4, 0.5) is 0 Å². The molecule has 0 radical (unpaired) electrons. The predicted molar refractivity (Wildman–Crippen MR) is 84.8 cm³/mol. The first kappa shape index (κ1) is 17.3. The molecule has 1 saturated heterocycles. The lowest BCUT2D eigenvalue weighted by molar-refractivity contribution is -0.151. The Hall–Kier alpha value is -0.710. The molecule has 1 aliphatic rings. The largest absolute Gasteiger partial charge is 0.342 e. The molecule has 2 unspecified atom stereocenters. The molecule has 1 aliphatic heterocycles. The third kappa shape index (κ3) is 4.40. The van der Waals surface area contributed by atoms with Gasteiger partial charge in [0.2, 0.25) is 11.8 Å². The van der Waals surface area contributed by atoms with E-state index in [1.807, 2.05) is 37.4 Å². The van der Waals surface area contributed by atoms with Gasteiger partial charge in [-0.05, 0) is 30.3 Å². The lowest BCUT2D eigenvalue weighted by Gasteiger charge is -2.41. The number of thioether (sulfide) groups is 1. The summed E-state index contributed by atoms with van der Waals surface area (Å²) in [6.45, 7) is 8.88. The fraction of sp³-hybridized carbons (Fsp3) is 0.867. The van der Waals surface area contributed by atoms with Crippen molar-refractivity contribution in [3.05, 3.63) is 0 Å². The highest BCUT2D eigenvalue weighted by molar-refractivity contribution is 7.99. The van der Waals surface area contributed by atoms with E-state index < -0.39 is 0 Å². The lowest BCUT2D eigenvalue weighted by atomic mass is 9.95. The Morgan fingerprint density at radius 1 is 1.30 bits per heavy atom. The number of carbonyl (C=O) groups excluding carboxylic acids is 2. The van der Waals surface area contributed by atoms with Gasteiger partial charge in [-0.25, -0.2) is 0 Å². The van der Waals surface area contributed by atoms with Crippen LogP contribution >= 0.6 is 11.8 Å². The van der Waals surface area contributed by atoms with Gasteiger partial charge in [0, 0.05) is 6.54 Å². The Balaban J connectivity index is 2.73. The van der Waals surface area contributed by atoms with Crippen LogP contribution in [0.3, 0.4) is 0 Å². The van der Waals surface area contributed by atoms with E-state index in [1.54, 1.807) is 0 Å². The summed E-state index contributed by atoms with van der Waals surface area (Å²) in [5.41, 5.74) is 0. The van der Waals surface area contributed by atoms with Crippen molar-refractivity contribution in [2.45, 2.75) is 59.0 Å². The van der Waals surface area contributed by atoms with Crippen LogP contribution in [0.2, 0.25) is 0 Å². The molecule has 1 fully saturated rings. The number of amides is 2. The summed E-state index contributed by atoms with van der Waals surface area (Å²) in [6.07, 6.45) is 2.59. The Morgan fingerprint density at radius 2 is 2.00 bits per heavy atom. The second kappa shape index (κ2) is 8.55. The van der Waals surface area contributed by atoms with Crippen molar-refractivity contribution in [2.24, 2.45) is 5.92 Å². The number of nitrogens with zero attached hydrogens (tertiary/aromatic N) is 1. The quantitative estimate of drug-likeness (QED) is 0.700. The van der Waals surface area contributed by atoms with Gasteiger partial charge >= 0.3 is 0 Å². The molecule has 0 saturated carbocycles. The third-order valence-electron chi connectivity index (χ3n) is 3.60. The number of hydrogen-bond acceptors (Lipinski definition) is 3. The maximum absolute atomic E-state index is 12.5. The molecule has 4 nitrogen and oxygen atoms in total. The molecule has 0 spiro atoms. The Bertz CT molecular complexity index is 334. The summed E-state index contributed by atoms with van der Waals surface area (Å²) in [5, 5.41) is 2.89. The highest BCUT2D eigenvalue weighted by atomic mass is 32.2. The zero-order valence-electron chi connectivity index (χ0n) is 13.1. The molecule has 1 N–H and O–H groups in total. The fourth-order valence-electron chi connectivity index (χ4n) is 2.68. The second-order valence-corrected chi connectivity index (χ2v) is 7.01. The first-order valence-corrected chi connectivity index (χ1v) is 8.86. The van der Waals surface area contributed by atoms with Gasteiger partial charge in [-0.15, -0.1) is 0 Å². The van der Waals surface area contributed by atoms with Gasteiger partial charge in [0.05, 0.1) is 0 Å². The number of rotatable bonds is 8. The molecule has 2 atom stereocenters. The average molecular weight is 300 g/mol. The normalized spacial score (nSPS) is 23.4. The van der Waals surface area contributed by atoms with Crippen LogP contribution in [-0.2, 0) is 9.59 Å². The van der Waals surface area contributed by atoms with Crippen LogP contribution in [-0.4, -0.2) is 46.8 Å². The summed E-state index contributed by atoms with van der Waals surface area (Å²) in [4.78, 5) is 26.6. The zero-order chi connectivity index (χ0) is 15.1. The number of carbonyl (C=O) groups is 2. The van der Waals surface area contributed by atoms with Crippen molar-refractivity contribution in [3.63, 3.8) is 0 Å². The summed E-state index contributed by atoms with van der Waals surface area (Å²) in [7, 11) is 0. The minimum absolute atomic E-state index is 0.0150. The van der Waals surface area contributed by atoms with E-state index in [0.29, 0.717) is 6.54 Å². The van der Waals surface area contributed by atoms with Crippen LogP contribution in [0.25, 0.3) is 0 Å². The van der Waals surface area contributed by atoms with Crippen molar-refractivity contribution in [1.82, 2.24) is 10.2 Å². The molecule has 1 heterocycles. The third-order valence-corrected chi connectivity index (χ3v) is 4.59. The van der Waals surface area contributed by atoms with Crippen molar-refractivity contribution < 1.29 is 9.59 Å². The van der Waals surface area contributed by atoms with Gasteiger partial charge in [-0.3, -0.25) is 9.59 Å². The minimum Gasteiger partial charge on any atom is -0.342 e. The number of hydrogen-bond donors (Lipinski definition) is 1. The van der Waals surface area contributed by atoms with Crippen LogP contribution in [0.5, 0.6) is 0 Å². The molecule has 5 heteroatoms. The average Bonchev–Trinajstić information content (AvgIpc) is 2.39. The SMILES string of the molecule is CCCC1NC(=O)C(C(C)C)N(CCCSCC)C1=O. The molecule has 1 rings (SSSR count). The topological polar surface area (TPSA) is 49.4 Å². The summed E-state index contributed by atoms with van der Waals surface area (Å²) < 4.78 is 0. The van der Waals surface area contributed by atoms with Gasteiger partial charge in [0.25, 0.3) is 0 Å². The lowest BCUT2D eigenvalue weighted by Crippen LogP contribution is -2.64. The fourth-order valence-corrected chi connectivity index (χ4v) is 3.30. The molecule has 0 aromatic rings. The first-order chi connectivity index (χ1) is 9.52. The van der Waals surface area contributed by atoms with E-state index in [1.165, 1.54) is 0 Å². The monoisotopic (exact) mass is 300 g/mol. The molecule has 0 bridgehead atoms. The Morgan fingerprint density at radius 3 is 2.55 bits per heavy atom. The molecule has 2 amide bonds. The standard InChI is InChI=1S/C15H28N2O2S/c1-5-8-12-15(19)17(9-7-10-20-6-2)13(11(3)4)14(18)16-12/h11-13H,5-10H2,1-4H3,(H,16,18). The number of nitrogens with one attached hydrogen (secondary N) is 1. The molecule has 0 aromatic carbocycles. The van der Waals surface area contributed by atoms with Crippen LogP contribution in [0.1, 0.15) is 47.0 Å². The van der Waals surface area contributed by atoms with E-state index in [-0.39, 0.29) is 29.8 Å². The maximum atomic E-state index is 12.5. The van der Waals surface area contributed by atoms with Crippen LogP contribution in [0.15, 0.2) is 0 Å². The van der Waals surface area contributed by atoms with E-state index >= 15 is 0 Å². The summed E-state index contributed by atoms with van der Waals surface area (Å²) in [6, 6.07) is -0.622. The second-order valence-electron chi connectivity index (χ2n) is 5.62. The molecular weight excluding hydrogens is 272 g/mol. The predicted octanol–water partition coefficient (Wildman–Crippen LogP) is 2.28. The van der Waals surface area contributed by atoms with E-state index in [4.69, 9.17) is 0 Å². The van der Waals surface area contributed by atoms with E-state index in [0.717, 1.165) is 30.8 Å². The van der Waals surface area contributed by atoms with E-state index in [2.05, 4.69) is 12.2 Å². The Kier molecular flexibility index (Phi) is 7.41. The summed E-state index contributed by atoms with van der Waals surface area (Å²) in [5.74, 6) is 2.42. The van der Waals surface area contributed by atoms with Gasteiger partial charge in [-0.1, -0.05) is 34.1 Å². The maximum Gasteiger partial charge on any atom is 0.245 e. The molecule has 116 valence electrons. The van der Waals surface area contributed by atoms with Crippen molar-refractivity contribution in [2.75, 3.05) is 18.1 Å². The minimum atomic E-state index is -0.318. The summed E-state index contributed by atoms with van der Waals surface area (Å²) >= 11 is 1.88. The van der Waals surface area contributed by atoms with Crippen LogP contribution in [0, 0.1) is 5.92 Å².